The van der Waals surface area contributed by atoms with Gasteiger partial charge in [0.25, 0.3) is 0 Å². The van der Waals surface area contributed by atoms with E-state index in [1.807, 2.05) is 12.1 Å². The Bertz CT molecular complexity index is 725. The van der Waals surface area contributed by atoms with Crippen LogP contribution in [0.15, 0.2) is 34.4 Å². The smallest absolute Gasteiger partial charge is 0.307 e. The van der Waals surface area contributed by atoms with Crippen molar-refractivity contribution in [3.8, 4) is 6.07 Å². The van der Waals surface area contributed by atoms with Gasteiger partial charge in [-0.3, -0.25) is 14.2 Å². The summed E-state index contributed by atoms with van der Waals surface area (Å²) in [4.78, 5) is 23.2. The van der Waals surface area contributed by atoms with E-state index >= 15 is 0 Å². The fourth-order valence-electron chi connectivity index (χ4n) is 1.75. The summed E-state index contributed by atoms with van der Waals surface area (Å²) in [5.74, 6) is -0.226. The number of carbonyl (C=O) groups excluding carboxylic acids is 1. The van der Waals surface area contributed by atoms with Gasteiger partial charge >= 0.3 is 4.87 Å². The molecule has 0 aliphatic rings. The number of benzene rings is 1. The van der Waals surface area contributed by atoms with Crippen molar-refractivity contribution in [2.24, 2.45) is 0 Å². The van der Waals surface area contributed by atoms with Crippen molar-refractivity contribution < 1.29 is 4.79 Å². The number of amides is 1. The van der Waals surface area contributed by atoms with Gasteiger partial charge in [0.15, 0.2) is 0 Å². The number of nitrogens with one attached hydrogen (secondary N) is 1. The summed E-state index contributed by atoms with van der Waals surface area (Å²) in [7, 11) is 0. The molecule has 1 amide bonds. The van der Waals surface area contributed by atoms with Gasteiger partial charge in [-0.25, -0.2) is 0 Å². The maximum absolute atomic E-state index is 11.8. The van der Waals surface area contributed by atoms with Crippen molar-refractivity contribution in [1.29, 1.82) is 5.26 Å². The Morgan fingerprint density at radius 3 is 2.95 bits per heavy atom. The molecule has 6 heteroatoms. The quantitative estimate of drug-likeness (QED) is 0.923. The lowest BCUT2D eigenvalue weighted by molar-refractivity contribution is -0.121. The molecule has 0 saturated carbocycles. The van der Waals surface area contributed by atoms with Gasteiger partial charge in [-0.1, -0.05) is 23.5 Å². The van der Waals surface area contributed by atoms with Crippen LogP contribution in [-0.4, -0.2) is 10.5 Å². The van der Waals surface area contributed by atoms with Crippen molar-refractivity contribution in [1.82, 2.24) is 9.88 Å². The van der Waals surface area contributed by atoms with Gasteiger partial charge in [-0.15, -0.1) is 0 Å². The Morgan fingerprint density at radius 2 is 2.30 bits per heavy atom. The van der Waals surface area contributed by atoms with Gasteiger partial charge in [0, 0.05) is 17.6 Å². The average Bonchev–Trinajstić information content (AvgIpc) is 2.77. The first-order valence-corrected chi connectivity index (χ1v) is 6.89. The van der Waals surface area contributed by atoms with E-state index in [1.165, 1.54) is 4.57 Å². The third-order valence-corrected chi connectivity index (χ3v) is 3.70. The van der Waals surface area contributed by atoms with E-state index in [0.29, 0.717) is 12.1 Å². The lowest BCUT2D eigenvalue weighted by Crippen LogP contribution is -2.30. The van der Waals surface area contributed by atoms with Crippen molar-refractivity contribution >= 4 is 17.2 Å². The zero-order valence-corrected chi connectivity index (χ0v) is 11.7. The SMILES string of the molecule is Cc1csc(=O)n1CC(=O)NCc1cccc(C#N)c1. The van der Waals surface area contributed by atoms with Crippen molar-refractivity contribution in [2.45, 2.75) is 20.0 Å². The minimum atomic E-state index is -0.226. The second kappa shape index (κ2) is 6.17. The van der Waals surface area contributed by atoms with Gasteiger partial charge in [0.1, 0.15) is 6.54 Å². The molecule has 1 heterocycles. The third-order valence-electron chi connectivity index (χ3n) is 2.82. The van der Waals surface area contributed by atoms with Gasteiger partial charge in [-0.2, -0.15) is 5.26 Å². The van der Waals surface area contributed by atoms with Gasteiger partial charge in [0.05, 0.1) is 11.6 Å². The topological polar surface area (TPSA) is 74.9 Å². The zero-order valence-electron chi connectivity index (χ0n) is 10.9. The maximum Gasteiger partial charge on any atom is 0.307 e. The number of thiazole rings is 1. The molecule has 20 heavy (non-hydrogen) atoms. The molecule has 0 aliphatic carbocycles. The molecule has 0 aliphatic heterocycles. The Hall–Kier alpha value is -2.39. The summed E-state index contributed by atoms with van der Waals surface area (Å²) in [6, 6.07) is 9.09. The first-order chi connectivity index (χ1) is 9.60. The summed E-state index contributed by atoms with van der Waals surface area (Å²) >= 11 is 1.08. The molecule has 0 atom stereocenters. The number of carbonyl (C=O) groups is 1. The Morgan fingerprint density at radius 1 is 1.50 bits per heavy atom. The number of hydrogen-bond acceptors (Lipinski definition) is 4. The van der Waals surface area contributed by atoms with Crippen LogP contribution in [0.1, 0.15) is 16.8 Å². The van der Waals surface area contributed by atoms with E-state index in [0.717, 1.165) is 22.6 Å². The standard InChI is InChI=1S/C14H13N3O2S/c1-10-9-20-14(19)17(10)8-13(18)16-7-12-4-2-3-11(5-12)6-15/h2-5,9H,7-8H2,1H3,(H,16,18). The van der Waals surface area contributed by atoms with Crippen LogP contribution in [0.4, 0.5) is 0 Å². The number of aromatic nitrogens is 1. The lowest BCUT2D eigenvalue weighted by atomic mass is 10.1. The molecule has 0 spiro atoms. The zero-order chi connectivity index (χ0) is 14.5. The number of nitrogens with zero attached hydrogens (tertiary/aromatic N) is 2. The summed E-state index contributed by atoms with van der Waals surface area (Å²) in [5, 5.41) is 13.3. The molecule has 102 valence electrons. The Labute approximate surface area is 120 Å². The molecule has 0 unspecified atom stereocenters. The van der Waals surface area contributed by atoms with E-state index in [1.54, 1.807) is 30.5 Å². The van der Waals surface area contributed by atoms with E-state index < -0.39 is 0 Å². The highest BCUT2D eigenvalue weighted by Crippen LogP contribution is 2.04. The highest BCUT2D eigenvalue weighted by molar-refractivity contribution is 7.07. The first-order valence-electron chi connectivity index (χ1n) is 6.01. The molecule has 1 N–H and O–H groups in total. The second-order valence-corrected chi connectivity index (χ2v) is 5.14. The first kappa shape index (κ1) is 14.0. The normalized spacial score (nSPS) is 10.0. The monoisotopic (exact) mass is 287 g/mol. The molecule has 2 aromatic rings. The highest BCUT2D eigenvalue weighted by Gasteiger charge is 2.08. The Kier molecular flexibility index (Phi) is 4.33. The predicted molar refractivity (Wildman–Crippen MR) is 76.3 cm³/mol. The minimum Gasteiger partial charge on any atom is -0.350 e. The lowest BCUT2D eigenvalue weighted by Gasteiger charge is -2.07. The van der Waals surface area contributed by atoms with Crippen LogP contribution < -0.4 is 10.2 Å². The molecule has 0 fully saturated rings. The van der Waals surface area contributed by atoms with Crippen LogP contribution in [0.5, 0.6) is 0 Å². The molecular formula is C14H13N3O2S. The van der Waals surface area contributed by atoms with E-state index in [-0.39, 0.29) is 17.3 Å². The van der Waals surface area contributed by atoms with Crippen LogP contribution in [0.3, 0.4) is 0 Å². The largest absolute Gasteiger partial charge is 0.350 e. The Balaban J connectivity index is 1.96. The van der Waals surface area contributed by atoms with E-state index in [4.69, 9.17) is 5.26 Å². The van der Waals surface area contributed by atoms with Crippen LogP contribution in [0, 0.1) is 18.3 Å². The fourth-order valence-corrected chi connectivity index (χ4v) is 2.48. The van der Waals surface area contributed by atoms with Gasteiger partial charge < -0.3 is 5.32 Å². The molecule has 0 radical (unpaired) electrons. The molecule has 0 bridgehead atoms. The third kappa shape index (κ3) is 3.33. The minimum absolute atomic E-state index is 0.0199. The van der Waals surface area contributed by atoms with Crippen molar-refractivity contribution in [2.75, 3.05) is 0 Å². The summed E-state index contributed by atoms with van der Waals surface area (Å²) in [5.41, 5.74) is 2.19. The van der Waals surface area contributed by atoms with Gasteiger partial charge in [-0.05, 0) is 24.6 Å². The second-order valence-electron chi connectivity index (χ2n) is 4.32. The van der Waals surface area contributed by atoms with Crippen molar-refractivity contribution in [3.63, 3.8) is 0 Å². The highest BCUT2D eigenvalue weighted by atomic mass is 32.1. The van der Waals surface area contributed by atoms with Crippen LogP contribution in [-0.2, 0) is 17.9 Å². The van der Waals surface area contributed by atoms with Crippen molar-refractivity contribution in [3.05, 3.63) is 56.1 Å². The van der Waals surface area contributed by atoms with Crippen LogP contribution in [0.2, 0.25) is 0 Å². The predicted octanol–water partition coefficient (Wildman–Crippen LogP) is 1.41. The number of aryl methyl sites for hydroxylation is 1. The molecular weight excluding hydrogens is 274 g/mol. The van der Waals surface area contributed by atoms with Crippen LogP contribution >= 0.6 is 11.3 Å². The fraction of sp³-hybridized carbons (Fsp3) is 0.214. The average molecular weight is 287 g/mol. The summed E-state index contributed by atoms with van der Waals surface area (Å²) in [6.45, 7) is 2.15. The molecule has 1 aromatic heterocycles. The molecule has 2 rings (SSSR count). The molecule has 0 saturated heterocycles. The number of rotatable bonds is 4. The summed E-state index contributed by atoms with van der Waals surface area (Å²) in [6.07, 6.45) is 0. The summed E-state index contributed by atoms with van der Waals surface area (Å²) < 4.78 is 1.44. The molecule has 1 aromatic carbocycles. The number of hydrogen-bond donors (Lipinski definition) is 1. The van der Waals surface area contributed by atoms with Gasteiger partial charge in [0.2, 0.25) is 5.91 Å². The van der Waals surface area contributed by atoms with Crippen LogP contribution in [0.25, 0.3) is 0 Å². The van der Waals surface area contributed by atoms with E-state index in [9.17, 15) is 9.59 Å². The van der Waals surface area contributed by atoms with E-state index in [2.05, 4.69) is 5.32 Å². The number of nitriles is 1. The molecule has 5 nitrogen and oxygen atoms in total. The maximum atomic E-state index is 11.8.